The zero-order valence-corrected chi connectivity index (χ0v) is 8.84. The molecule has 0 saturated heterocycles. The molecule has 0 saturated carbocycles. The summed E-state index contributed by atoms with van der Waals surface area (Å²) in [7, 11) is -3.13. The van der Waals surface area contributed by atoms with E-state index in [0.29, 0.717) is 16.5 Å². The van der Waals surface area contributed by atoms with Crippen LogP contribution in [0, 0.1) is 5.82 Å². The van der Waals surface area contributed by atoms with E-state index in [4.69, 9.17) is 4.42 Å². The third-order valence-corrected chi connectivity index (χ3v) is 2.87. The van der Waals surface area contributed by atoms with Crippen molar-refractivity contribution in [1.29, 1.82) is 0 Å². The molecular formula is C10H9FO3S. The Labute approximate surface area is 86.4 Å². The van der Waals surface area contributed by atoms with Crippen LogP contribution in [0.5, 0.6) is 0 Å². The molecule has 0 fully saturated rings. The Morgan fingerprint density at radius 3 is 2.80 bits per heavy atom. The predicted molar refractivity (Wildman–Crippen MR) is 54.7 cm³/mol. The number of hydrogen-bond acceptors (Lipinski definition) is 3. The molecule has 0 radical (unpaired) electrons. The fourth-order valence-corrected chi connectivity index (χ4v) is 2.24. The van der Waals surface area contributed by atoms with E-state index >= 15 is 0 Å². The summed E-state index contributed by atoms with van der Waals surface area (Å²) in [4.78, 5) is 0. The van der Waals surface area contributed by atoms with Gasteiger partial charge in [0.05, 0.1) is 12.0 Å². The standard InChI is InChI=1S/C10H9FO3S/c1-15(12,13)6-7-5-14-10-3-2-8(11)4-9(7)10/h2-5H,6H2,1H3. The van der Waals surface area contributed by atoms with E-state index in [0.717, 1.165) is 6.26 Å². The van der Waals surface area contributed by atoms with Crippen molar-refractivity contribution in [3.8, 4) is 0 Å². The van der Waals surface area contributed by atoms with E-state index in [-0.39, 0.29) is 5.75 Å². The molecule has 0 bridgehead atoms. The number of rotatable bonds is 2. The molecule has 1 aromatic heterocycles. The Morgan fingerprint density at radius 2 is 2.13 bits per heavy atom. The minimum absolute atomic E-state index is 0.135. The van der Waals surface area contributed by atoms with E-state index in [1.165, 1.54) is 24.5 Å². The highest BCUT2D eigenvalue weighted by atomic mass is 32.2. The number of furan rings is 1. The Balaban J connectivity index is 2.57. The van der Waals surface area contributed by atoms with Gasteiger partial charge in [-0.15, -0.1) is 0 Å². The fourth-order valence-electron chi connectivity index (χ4n) is 1.45. The van der Waals surface area contributed by atoms with E-state index in [1.807, 2.05) is 0 Å². The molecule has 1 heterocycles. The molecule has 0 amide bonds. The normalized spacial score (nSPS) is 12.1. The molecule has 1 aromatic carbocycles. The summed E-state index contributed by atoms with van der Waals surface area (Å²) in [5, 5.41) is 0.514. The molecule has 0 N–H and O–H groups in total. The van der Waals surface area contributed by atoms with Gasteiger partial charge in [0, 0.05) is 17.2 Å². The van der Waals surface area contributed by atoms with Crippen molar-refractivity contribution in [2.75, 3.05) is 6.26 Å². The van der Waals surface area contributed by atoms with Crippen LogP contribution >= 0.6 is 0 Å². The molecule has 15 heavy (non-hydrogen) atoms. The summed E-state index contributed by atoms with van der Waals surface area (Å²) in [6, 6.07) is 4.03. The van der Waals surface area contributed by atoms with Crippen LogP contribution in [0.15, 0.2) is 28.9 Å². The van der Waals surface area contributed by atoms with Crippen LogP contribution in [0.1, 0.15) is 5.56 Å². The molecule has 3 nitrogen and oxygen atoms in total. The molecule has 0 aliphatic carbocycles. The van der Waals surface area contributed by atoms with Gasteiger partial charge in [-0.2, -0.15) is 0 Å². The lowest BCUT2D eigenvalue weighted by Crippen LogP contribution is -1.99. The van der Waals surface area contributed by atoms with Crippen molar-refractivity contribution >= 4 is 20.8 Å². The van der Waals surface area contributed by atoms with Crippen molar-refractivity contribution in [3.63, 3.8) is 0 Å². The van der Waals surface area contributed by atoms with Crippen molar-refractivity contribution in [2.45, 2.75) is 5.75 Å². The van der Waals surface area contributed by atoms with Crippen molar-refractivity contribution < 1.29 is 17.2 Å². The van der Waals surface area contributed by atoms with Gasteiger partial charge in [-0.1, -0.05) is 0 Å². The van der Waals surface area contributed by atoms with E-state index in [1.54, 1.807) is 0 Å². The summed E-state index contributed by atoms with van der Waals surface area (Å²) in [6.07, 6.45) is 2.48. The number of benzene rings is 1. The lowest BCUT2D eigenvalue weighted by Gasteiger charge is -1.95. The summed E-state index contributed by atoms with van der Waals surface area (Å²) in [6.45, 7) is 0. The second kappa shape index (κ2) is 3.34. The average Bonchev–Trinajstić information content (AvgIpc) is 2.46. The van der Waals surface area contributed by atoms with Crippen LogP contribution in [0.25, 0.3) is 11.0 Å². The summed E-state index contributed by atoms with van der Waals surface area (Å²) >= 11 is 0. The highest BCUT2D eigenvalue weighted by molar-refractivity contribution is 7.89. The average molecular weight is 228 g/mol. The smallest absolute Gasteiger partial charge is 0.151 e. The number of hydrogen-bond donors (Lipinski definition) is 0. The van der Waals surface area contributed by atoms with Crippen molar-refractivity contribution in [2.24, 2.45) is 0 Å². The van der Waals surface area contributed by atoms with Crippen molar-refractivity contribution in [1.82, 2.24) is 0 Å². The zero-order valence-electron chi connectivity index (χ0n) is 8.03. The first-order valence-corrected chi connectivity index (χ1v) is 6.35. The summed E-state index contributed by atoms with van der Waals surface area (Å²) in [5.74, 6) is -0.539. The molecule has 80 valence electrons. The molecule has 0 spiro atoms. The van der Waals surface area contributed by atoms with Gasteiger partial charge in [0.25, 0.3) is 0 Å². The lowest BCUT2D eigenvalue weighted by atomic mass is 10.2. The van der Waals surface area contributed by atoms with Crippen LogP contribution in [0.3, 0.4) is 0 Å². The second-order valence-electron chi connectivity index (χ2n) is 3.47. The Morgan fingerprint density at radius 1 is 1.40 bits per heavy atom. The Hall–Kier alpha value is -1.36. The van der Waals surface area contributed by atoms with Gasteiger partial charge in [0.1, 0.15) is 11.4 Å². The third kappa shape index (κ3) is 2.18. The first-order valence-electron chi connectivity index (χ1n) is 4.29. The van der Waals surface area contributed by atoms with Gasteiger partial charge >= 0.3 is 0 Å². The maximum absolute atomic E-state index is 12.9. The first kappa shape index (κ1) is 10.2. The van der Waals surface area contributed by atoms with Crippen LogP contribution in [0.4, 0.5) is 4.39 Å². The van der Waals surface area contributed by atoms with Crippen LogP contribution < -0.4 is 0 Å². The highest BCUT2D eigenvalue weighted by Crippen LogP contribution is 2.23. The Kier molecular flexibility index (Phi) is 2.26. The van der Waals surface area contributed by atoms with Gasteiger partial charge in [0.15, 0.2) is 9.84 Å². The van der Waals surface area contributed by atoms with Gasteiger partial charge in [-0.3, -0.25) is 0 Å². The zero-order chi connectivity index (χ0) is 11.1. The predicted octanol–water partition coefficient (Wildman–Crippen LogP) is 2.12. The van der Waals surface area contributed by atoms with Crippen LogP contribution in [0.2, 0.25) is 0 Å². The molecule has 2 aromatic rings. The maximum atomic E-state index is 12.9. The van der Waals surface area contributed by atoms with Gasteiger partial charge in [-0.05, 0) is 18.2 Å². The SMILES string of the molecule is CS(=O)(=O)Cc1coc2ccc(F)cc12. The van der Waals surface area contributed by atoms with E-state index in [2.05, 4.69) is 0 Å². The third-order valence-electron chi connectivity index (χ3n) is 2.03. The van der Waals surface area contributed by atoms with E-state index < -0.39 is 15.7 Å². The quantitative estimate of drug-likeness (QED) is 0.791. The Bertz CT molecular complexity index is 598. The topological polar surface area (TPSA) is 47.3 Å². The van der Waals surface area contributed by atoms with Gasteiger partial charge in [0.2, 0.25) is 0 Å². The molecule has 5 heteroatoms. The molecule has 2 rings (SSSR count). The molecular weight excluding hydrogens is 219 g/mol. The van der Waals surface area contributed by atoms with Crippen molar-refractivity contribution in [3.05, 3.63) is 35.8 Å². The van der Waals surface area contributed by atoms with E-state index in [9.17, 15) is 12.8 Å². The molecule has 0 atom stereocenters. The number of halogens is 1. The maximum Gasteiger partial charge on any atom is 0.151 e. The number of fused-ring (bicyclic) bond motifs is 1. The van der Waals surface area contributed by atoms with Gasteiger partial charge in [-0.25, -0.2) is 12.8 Å². The molecule has 0 aliphatic heterocycles. The summed E-state index contributed by atoms with van der Waals surface area (Å²) < 4.78 is 40.2. The largest absolute Gasteiger partial charge is 0.464 e. The van der Waals surface area contributed by atoms with Crippen LogP contribution in [-0.4, -0.2) is 14.7 Å². The highest BCUT2D eigenvalue weighted by Gasteiger charge is 2.11. The second-order valence-corrected chi connectivity index (χ2v) is 5.61. The monoisotopic (exact) mass is 228 g/mol. The number of sulfone groups is 1. The first-order chi connectivity index (χ1) is 6.96. The summed E-state index contributed by atoms with van der Waals surface area (Å²) in [5.41, 5.74) is 0.988. The van der Waals surface area contributed by atoms with Crippen LogP contribution in [-0.2, 0) is 15.6 Å². The lowest BCUT2D eigenvalue weighted by molar-refractivity contribution is 0.596. The minimum atomic E-state index is -3.13. The fraction of sp³-hybridized carbons (Fsp3) is 0.200. The molecule has 0 unspecified atom stereocenters. The minimum Gasteiger partial charge on any atom is -0.464 e. The molecule has 0 aliphatic rings. The van der Waals surface area contributed by atoms with Gasteiger partial charge < -0.3 is 4.42 Å².